The Morgan fingerprint density at radius 2 is 2.26 bits per heavy atom. The molecule has 1 aromatic rings. The van der Waals surface area contributed by atoms with Gasteiger partial charge in [-0.15, -0.1) is 0 Å². The first-order valence-corrected chi connectivity index (χ1v) is 8.16. The number of likely N-dealkylation sites (tertiary alicyclic amines) is 1. The number of benzene rings is 1. The van der Waals surface area contributed by atoms with Gasteiger partial charge in [0.15, 0.2) is 0 Å². The summed E-state index contributed by atoms with van der Waals surface area (Å²) in [6, 6.07) is 7.78. The van der Waals surface area contributed by atoms with Crippen LogP contribution in [0.1, 0.15) is 25.3 Å². The van der Waals surface area contributed by atoms with E-state index >= 15 is 0 Å². The molecule has 0 spiro atoms. The third kappa shape index (κ3) is 4.94. The molecule has 1 heterocycles. The fraction of sp³-hybridized carbons (Fsp3) is 0.611. The molecule has 1 N–H and O–H groups in total. The zero-order valence-electron chi connectivity index (χ0n) is 14.4. The van der Waals surface area contributed by atoms with E-state index in [4.69, 9.17) is 4.74 Å². The summed E-state index contributed by atoms with van der Waals surface area (Å²) in [5.74, 6) is 0.910. The van der Waals surface area contributed by atoms with E-state index in [1.165, 1.54) is 0 Å². The van der Waals surface area contributed by atoms with Crippen molar-refractivity contribution < 1.29 is 14.6 Å². The Morgan fingerprint density at radius 1 is 1.48 bits per heavy atom. The lowest BCUT2D eigenvalue weighted by molar-refractivity contribution is -0.132. The van der Waals surface area contributed by atoms with Crippen LogP contribution in [0.5, 0.6) is 5.75 Å². The minimum Gasteiger partial charge on any atom is -0.497 e. The van der Waals surface area contributed by atoms with Crippen LogP contribution in [0, 0.1) is 5.41 Å². The van der Waals surface area contributed by atoms with Crippen LogP contribution in [0.25, 0.3) is 0 Å². The number of rotatable bonds is 6. The first-order valence-electron chi connectivity index (χ1n) is 8.16. The monoisotopic (exact) mass is 320 g/mol. The number of aliphatic hydroxyl groups is 1. The topological polar surface area (TPSA) is 53.0 Å². The molecular formula is C18H28N2O3. The highest BCUT2D eigenvalue weighted by atomic mass is 16.5. The molecule has 0 bridgehead atoms. The normalized spacial score (nSPS) is 21.9. The quantitative estimate of drug-likeness (QED) is 0.867. The van der Waals surface area contributed by atoms with E-state index in [2.05, 4.69) is 11.8 Å². The van der Waals surface area contributed by atoms with Gasteiger partial charge in [-0.2, -0.15) is 0 Å². The van der Waals surface area contributed by atoms with Crippen molar-refractivity contribution in [2.45, 2.75) is 26.3 Å². The number of carbonyl (C=O) groups is 1. The van der Waals surface area contributed by atoms with Gasteiger partial charge in [-0.1, -0.05) is 19.1 Å². The van der Waals surface area contributed by atoms with Gasteiger partial charge in [-0.05, 0) is 37.1 Å². The van der Waals surface area contributed by atoms with Crippen LogP contribution in [0.3, 0.4) is 0 Å². The predicted octanol–water partition coefficient (Wildman–Crippen LogP) is 1.75. The summed E-state index contributed by atoms with van der Waals surface area (Å²) in [5.41, 5.74) is 0.975. The third-order valence-electron chi connectivity index (χ3n) is 4.58. The largest absolute Gasteiger partial charge is 0.497 e. The van der Waals surface area contributed by atoms with Gasteiger partial charge in [-0.25, -0.2) is 0 Å². The maximum Gasteiger partial charge on any atom is 0.236 e. The minimum absolute atomic E-state index is 0.0795. The zero-order valence-corrected chi connectivity index (χ0v) is 14.4. The van der Waals surface area contributed by atoms with Gasteiger partial charge in [0.2, 0.25) is 5.91 Å². The van der Waals surface area contributed by atoms with Crippen LogP contribution in [0.15, 0.2) is 24.3 Å². The number of carbonyl (C=O) groups excluding carboxylic acids is 1. The maximum absolute atomic E-state index is 12.5. The van der Waals surface area contributed by atoms with Crippen LogP contribution in [-0.4, -0.2) is 61.2 Å². The molecule has 0 radical (unpaired) electrons. The van der Waals surface area contributed by atoms with Crippen LogP contribution < -0.4 is 4.74 Å². The summed E-state index contributed by atoms with van der Waals surface area (Å²) < 4.78 is 5.22. The molecule has 5 heteroatoms. The summed E-state index contributed by atoms with van der Waals surface area (Å²) in [5, 5.41) is 9.52. The molecule has 1 amide bonds. The van der Waals surface area contributed by atoms with Gasteiger partial charge in [-0.3, -0.25) is 9.69 Å². The second kappa shape index (κ2) is 7.79. The zero-order chi connectivity index (χ0) is 16.9. The number of piperidine rings is 1. The number of aliphatic hydroxyl groups excluding tert-OH is 1. The minimum atomic E-state index is -0.0795. The van der Waals surface area contributed by atoms with Crippen LogP contribution in [-0.2, 0) is 11.3 Å². The van der Waals surface area contributed by atoms with Crippen molar-refractivity contribution in [1.82, 2.24) is 9.80 Å². The number of ether oxygens (including phenoxy) is 1. The summed E-state index contributed by atoms with van der Waals surface area (Å²) in [4.78, 5) is 16.4. The fourth-order valence-corrected chi connectivity index (χ4v) is 3.14. The van der Waals surface area contributed by atoms with Crippen molar-refractivity contribution >= 4 is 5.91 Å². The van der Waals surface area contributed by atoms with Crippen molar-refractivity contribution in [1.29, 1.82) is 0 Å². The molecule has 0 aliphatic carbocycles. The molecule has 1 unspecified atom stereocenters. The third-order valence-corrected chi connectivity index (χ3v) is 4.58. The van der Waals surface area contributed by atoms with E-state index in [1.807, 2.05) is 31.3 Å². The molecular weight excluding hydrogens is 292 g/mol. The molecule has 1 aromatic carbocycles. The summed E-state index contributed by atoms with van der Waals surface area (Å²) in [7, 11) is 3.47. The molecule has 0 aromatic heterocycles. The molecule has 5 nitrogen and oxygen atoms in total. The number of nitrogens with zero attached hydrogens (tertiary/aromatic N) is 2. The first kappa shape index (κ1) is 17.8. The van der Waals surface area contributed by atoms with Crippen molar-refractivity contribution in [2.75, 3.05) is 40.4 Å². The second-order valence-electron chi connectivity index (χ2n) is 6.88. The molecule has 0 saturated carbocycles. The lowest BCUT2D eigenvalue weighted by atomic mass is 9.83. The number of hydrogen-bond acceptors (Lipinski definition) is 4. The van der Waals surface area contributed by atoms with E-state index in [0.29, 0.717) is 13.1 Å². The van der Waals surface area contributed by atoms with Crippen molar-refractivity contribution in [2.24, 2.45) is 5.41 Å². The van der Waals surface area contributed by atoms with Gasteiger partial charge in [0.1, 0.15) is 5.75 Å². The Kier molecular flexibility index (Phi) is 6.02. The van der Waals surface area contributed by atoms with Gasteiger partial charge < -0.3 is 14.7 Å². The Labute approximate surface area is 138 Å². The van der Waals surface area contributed by atoms with Crippen LogP contribution >= 0.6 is 0 Å². The average Bonchev–Trinajstić information content (AvgIpc) is 2.55. The molecule has 1 atom stereocenters. The fourth-order valence-electron chi connectivity index (χ4n) is 3.14. The molecule has 1 fully saturated rings. The number of amides is 1. The van der Waals surface area contributed by atoms with E-state index < -0.39 is 0 Å². The van der Waals surface area contributed by atoms with Crippen molar-refractivity contribution in [3.63, 3.8) is 0 Å². The standard InChI is InChI=1S/C18H28N2O3/c1-18(14-21)8-5-9-20(13-18)12-17(22)19(2)11-15-6-4-7-16(10-15)23-3/h4,6-7,10,21H,5,8-9,11-14H2,1-3H3. The highest BCUT2D eigenvalue weighted by Gasteiger charge is 2.31. The Bertz CT molecular complexity index is 535. The van der Waals surface area contributed by atoms with Crippen LogP contribution in [0.2, 0.25) is 0 Å². The van der Waals surface area contributed by atoms with Crippen molar-refractivity contribution in [3.8, 4) is 5.75 Å². The summed E-state index contributed by atoms with van der Waals surface area (Å²) in [6.45, 7) is 4.95. The number of likely N-dealkylation sites (N-methyl/N-ethyl adjacent to an activating group) is 1. The lowest BCUT2D eigenvalue weighted by Gasteiger charge is -2.39. The summed E-state index contributed by atoms with van der Waals surface area (Å²) in [6.07, 6.45) is 2.05. The molecule has 1 saturated heterocycles. The van der Waals surface area contributed by atoms with E-state index in [0.717, 1.165) is 37.2 Å². The van der Waals surface area contributed by atoms with Crippen molar-refractivity contribution in [3.05, 3.63) is 29.8 Å². The van der Waals surface area contributed by atoms with Crippen LogP contribution in [0.4, 0.5) is 0 Å². The van der Waals surface area contributed by atoms with E-state index in [9.17, 15) is 9.90 Å². The number of hydrogen-bond donors (Lipinski definition) is 1. The van der Waals surface area contributed by atoms with E-state index in [1.54, 1.807) is 12.0 Å². The highest BCUT2D eigenvalue weighted by Crippen LogP contribution is 2.28. The first-order chi connectivity index (χ1) is 11.0. The van der Waals surface area contributed by atoms with Gasteiger partial charge in [0.25, 0.3) is 0 Å². The maximum atomic E-state index is 12.5. The predicted molar refractivity (Wildman–Crippen MR) is 90.3 cm³/mol. The van der Waals surface area contributed by atoms with E-state index in [-0.39, 0.29) is 17.9 Å². The molecule has 2 rings (SSSR count). The van der Waals surface area contributed by atoms with Gasteiger partial charge >= 0.3 is 0 Å². The Hall–Kier alpha value is -1.59. The second-order valence-corrected chi connectivity index (χ2v) is 6.88. The Balaban J connectivity index is 1.89. The summed E-state index contributed by atoms with van der Waals surface area (Å²) >= 11 is 0. The SMILES string of the molecule is COc1cccc(CN(C)C(=O)CN2CCCC(C)(CO)C2)c1. The smallest absolute Gasteiger partial charge is 0.236 e. The molecule has 1 aliphatic heterocycles. The molecule has 23 heavy (non-hydrogen) atoms. The molecule has 1 aliphatic rings. The number of methoxy groups -OCH3 is 1. The lowest BCUT2D eigenvalue weighted by Crippen LogP contribution is -2.47. The average molecular weight is 320 g/mol. The molecule has 128 valence electrons. The Morgan fingerprint density at radius 3 is 2.96 bits per heavy atom. The van der Waals surface area contributed by atoms with Gasteiger partial charge in [0, 0.05) is 32.2 Å². The highest BCUT2D eigenvalue weighted by molar-refractivity contribution is 5.78. The van der Waals surface area contributed by atoms with Gasteiger partial charge in [0.05, 0.1) is 13.7 Å².